The summed E-state index contributed by atoms with van der Waals surface area (Å²) in [6.45, 7) is 6.79. The summed E-state index contributed by atoms with van der Waals surface area (Å²) in [4.78, 5) is 14.5. The molecule has 3 rings (SSSR count). The zero-order valence-electron chi connectivity index (χ0n) is 14.2. The molecule has 0 aliphatic carbocycles. The van der Waals surface area contributed by atoms with Crippen molar-refractivity contribution in [1.82, 2.24) is 10.1 Å². The number of hydrogen-bond acceptors (Lipinski definition) is 3. The molecule has 0 bridgehead atoms. The highest BCUT2D eigenvalue weighted by molar-refractivity contribution is 6.33. The molecular formula is C18H22ClN3O2. The number of nitrogens with one attached hydrogen (secondary N) is 1. The molecule has 5 nitrogen and oxygen atoms in total. The maximum atomic E-state index is 12.7. The number of likely N-dealkylation sites (tertiary alicyclic amines) is 1. The number of hydrogen-bond donors (Lipinski definition) is 1. The fourth-order valence-electron chi connectivity index (χ4n) is 2.95. The number of anilines is 1. The number of urea groups is 1. The minimum absolute atomic E-state index is 0.0748. The Kier molecular flexibility index (Phi) is 4.81. The monoisotopic (exact) mass is 347 g/mol. The molecule has 6 heteroatoms. The van der Waals surface area contributed by atoms with E-state index in [0.29, 0.717) is 23.2 Å². The number of halogens is 1. The van der Waals surface area contributed by atoms with Crippen LogP contribution in [0.3, 0.4) is 0 Å². The molecule has 0 saturated carbocycles. The third-order valence-corrected chi connectivity index (χ3v) is 4.66. The summed E-state index contributed by atoms with van der Waals surface area (Å²) in [5, 5.41) is 7.55. The molecule has 24 heavy (non-hydrogen) atoms. The highest BCUT2D eigenvalue weighted by atomic mass is 35.5. The normalized spacial score (nSPS) is 17.5. The number of benzene rings is 1. The fourth-order valence-corrected chi connectivity index (χ4v) is 3.23. The fraction of sp³-hybridized carbons (Fsp3) is 0.444. The molecule has 2 heterocycles. The Balaban J connectivity index is 1.75. The van der Waals surface area contributed by atoms with Gasteiger partial charge in [-0.05, 0) is 43.4 Å². The first-order valence-corrected chi connectivity index (χ1v) is 8.64. The second-order valence-corrected chi connectivity index (χ2v) is 6.98. The van der Waals surface area contributed by atoms with Crippen molar-refractivity contribution in [2.45, 2.75) is 45.6 Å². The molecule has 2 aromatic rings. The average molecular weight is 348 g/mol. The van der Waals surface area contributed by atoms with E-state index >= 15 is 0 Å². The van der Waals surface area contributed by atoms with Crippen molar-refractivity contribution >= 4 is 23.3 Å². The molecule has 0 unspecified atom stereocenters. The molecule has 1 aliphatic rings. The second-order valence-electron chi connectivity index (χ2n) is 6.57. The Hall–Kier alpha value is -2.01. The molecule has 2 amide bonds. The Bertz CT molecular complexity index is 742. The number of nitrogens with zero attached hydrogens (tertiary/aromatic N) is 2. The van der Waals surface area contributed by atoms with Crippen LogP contribution in [0.1, 0.15) is 55.7 Å². The molecule has 0 spiro atoms. The van der Waals surface area contributed by atoms with E-state index in [1.807, 2.05) is 31.2 Å². The van der Waals surface area contributed by atoms with Gasteiger partial charge in [0.1, 0.15) is 0 Å². The third-order valence-electron chi connectivity index (χ3n) is 4.35. The first-order valence-electron chi connectivity index (χ1n) is 8.26. The zero-order valence-corrected chi connectivity index (χ0v) is 14.9. The van der Waals surface area contributed by atoms with Gasteiger partial charge in [-0.2, -0.15) is 0 Å². The second kappa shape index (κ2) is 6.85. The summed E-state index contributed by atoms with van der Waals surface area (Å²) in [6.07, 6.45) is 1.82. The Labute approximate surface area is 147 Å². The summed E-state index contributed by atoms with van der Waals surface area (Å²) < 4.78 is 5.48. The lowest BCUT2D eigenvalue weighted by Gasteiger charge is -2.23. The van der Waals surface area contributed by atoms with Gasteiger partial charge in [0, 0.05) is 12.6 Å². The number of rotatable bonds is 3. The van der Waals surface area contributed by atoms with Crippen LogP contribution < -0.4 is 5.32 Å². The third kappa shape index (κ3) is 3.41. The van der Waals surface area contributed by atoms with Crippen molar-refractivity contribution in [2.75, 3.05) is 11.9 Å². The maximum absolute atomic E-state index is 12.7. The predicted octanol–water partition coefficient (Wildman–Crippen LogP) is 5.13. The van der Waals surface area contributed by atoms with Gasteiger partial charge < -0.3 is 14.7 Å². The molecule has 1 aliphatic heterocycles. The van der Waals surface area contributed by atoms with Crippen LogP contribution in [0, 0.1) is 6.92 Å². The van der Waals surface area contributed by atoms with Crippen LogP contribution in [0.5, 0.6) is 0 Å². The number of amides is 2. The van der Waals surface area contributed by atoms with E-state index in [0.717, 1.165) is 29.9 Å². The Morgan fingerprint density at radius 3 is 2.88 bits per heavy atom. The Morgan fingerprint density at radius 1 is 1.42 bits per heavy atom. The topological polar surface area (TPSA) is 58.4 Å². The van der Waals surface area contributed by atoms with Crippen LogP contribution in [-0.4, -0.2) is 22.6 Å². The lowest BCUT2D eigenvalue weighted by molar-refractivity contribution is 0.195. The molecule has 1 saturated heterocycles. The Morgan fingerprint density at radius 2 is 2.21 bits per heavy atom. The van der Waals surface area contributed by atoms with Gasteiger partial charge in [0.15, 0.2) is 5.76 Å². The SMILES string of the molecule is Cc1ccc(NC(=O)N2CCC[C@H]2c2cc(C(C)C)no2)c(Cl)c1. The largest absolute Gasteiger partial charge is 0.359 e. The number of aryl methyl sites for hydroxylation is 1. The molecule has 0 radical (unpaired) electrons. The van der Waals surface area contributed by atoms with Gasteiger partial charge in [0.2, 0.25) is 0 Å². The summed E-state index contributed by atoms with van der Waals surface area (Å²) >= 11 is 6.21. The van der Waals surface area contributed by atoms with Gasteiger partial charge in [0.25, 0.3) is 0 Å². The molecule has 1 N–H and O–H groups in total. The van der Waals surface area contributed by atoms with E-state index in [4.69, 9.17) is 16.1 Å². The van der Waals surface area contributed by atoms with E-state index in [1.165, 1.54) is 0 Å². The summed E-state index contributed by atoms with van der Waals surface area (Å²) in [5.74, 6) is 1.05. The first-order chi connectivity index (χ1) is 11.5. The van der Waals surface area contributed by atoms with E-state index in [-0.39, 0.29) is 12.1 Å². The molecule has 1 aromatic heterocycles. The van der Waals surface area contributed by atoms with Gasteiger partial charge in [-0.1, -0.05) is 36.7 Å². The number of aromatic nitrogens is 1. The van der Waals surface area contributed by atoms with Crippen molar-refractivity contribution < 1.29 is 9.32 Å². The van der Waals surface area contributed by atoms with Gasteiger partial charge in [0.05, 0.1) is 22.4 Å². The van der Waals surface area contributed by atoms with E-state index in [1.54, 1.807) is 4.90 Å². The minimum Gasteiger partial charge on any atom is -0.359 e. The van der Waals surface area contributed by atoms with Crippen LogP contribution in [0.25, 0.3) is 0 Å². The van der Waals surface area contributed by atoms with E-state index in [9.17, 15) is 4.79 Å². The van der Waals surface area contributed by atoms with Crippen LogP contribution in [0.2, 0.25) is 5.02 Å². The van der Waals surface area contributed by atoms with Gasteiger partial charge in [-0.15, -0.1) is 0 Å². The van der Waals surface area contributed by atoms with Crippen molar-refractivity contribution in [3.05, 3.63) is 46.3 Å². The van der Waals surface area contributed by atoms with Gasteiger partial charge >= 0.3 is 6.03 Å². The van der Waals surface area contributed by atoms with Gasteiger partial charge in [-0.25, -0.2) is 4.79 Å². The van der Waals surface area contributed by atoms with Crippen molar-refractivity contribution in [3.63, 3.8) is 0 Å². The van der Waals surface area contributed by atoms with Gasteiger partial charge in [-0.3, -0.25) is 0 Å². The van der Waals surface area contributed by atoms with Crippen LogP contribution in [0.15, 0.2) is 28.8 Å². The van der Waals surface area contributed by atoms with Crippen molar-refractivity contribution in [1.29, 1.82) is 0 Å². The quantitative estimate of drug-likeness (QED) is 0.837. The summed E-state index contributed by atoms with van der Waals surface area (Å²) in [6, 6.07) is 7.31. The lowest BCUT2D eigenvalue weighted by atomic mass is 10.1. The van der Waals surface area contributed by atoms with E-state index < -0.39 is 0 Å². The van der Waals surface area contributed by atoms with Crippen LogP contribution in [0.4, 0.5) is 10.5 Å². The van der Waals surface area contributed by atoms with Crippen LogP contribution in [-0.2, 0) is 0 Å². The van der Waals surface area contributed by atoms with Crippen molar-refractivity contribution in [3.8, 4) is 0 Å². The highest BCUT2D eigenvalue weighted by Crippen LogP contribution is 2.34. The lowest BCUT2D eigenvalue weighted by Crippen LogP contribution is -2.34. The highest BCUT2D eigenvalue weighted by Gasteiger charge is 2.33. The summed E-state index contributed by atoms with van der Waals surface area (Å²) in [5.41, 5.74) is 2.59. The van der Waals surface area contributed by atoms with E-state index in [2.05, 4.69) is 24.3 Å². The minimum atomic E-state index is -0.161. The number of carbonyl (C=O) groups excluding carboxylic acids is 1. The van der Waals surface area contributed by atoms with Crippen molar-refractivity contribution in [2.24, 2.45) is 0 Å². The average Bonchev–Trinajstić information content (AvgIpc) is 3.17. The molecule has 1 atom stereocenters. The molecule has 1 aromatic carbocycles. The zero-order chi connectivity index (χ0) is 17.3. The smallest absolute Gasteiger partial charge is 0.322 e. The maximum Gasteiger partial charge on any atom is 0.322 e. The first kappa shape index (κ1) is 16.8. The van der Waals surface area contributed by atoms with Crippen LogP contribution >= 0.6 is 11.6 Å². The predicted molar refractivity (Wildman–Crippen MR) is 94.5 cm³/mol. The molecule has 1 fully saturated rings. The number of carbonyl (C=O) groups is 1. The molecule has 128 valence electrons. The standard InChI is InChI=1S/C18H22ClN3O2/c1-11(2)15-10-17(24-21-15)16-5-4-8-22(16)18(23)20-14-7-6-12(3)9-13(14)19/h6-7,9-11,16H,4-5,8H2,1-3H3,(H,20,23)/t16-/m0/s1. The molecular weight excluding hydrogens is 326 g/mol. The summed E-state index contributed by atoms with van der Waals surface area (Å²) in [7, 11) is 0.